The van der Waals surface area contributed by atoms with Crippen molar-refractivity contribution in [3.8, 4) is 5.82 Å². The van der Waals surface area contributed by atoms with E-state index in [0.717, 1.165) is 54.6 Å². The predicted octanol–water partition coefficient (Wildman–Crippen LogP) is 2.75. The fraction of sp³-hybridized carbons (Fsp3) is 0.588. The molecule has 2 aromatic rings. The third kappa shape index (κ3) is 3.15. The highest BCUT2D eigenvalue weighted by molar-refractivity contribution is 7.99. The van der Waals surface area contributed by atoms with Crippen molar-refractivity contribution in [2.45, 2.75) is 44.8 Å². The average molecular weight is 345 g/mol. The molecule has 4 heterocycles. The van der Waals surface area contributed by atoms with Gasteiger partial charge in [-0.2, -0.15) is 16.9 Å². The Bertz CT molecular complexity index is 726. The van der Waals surface area contributed by atoms with Crippen molar-refractivity contribution in [1.82, 2.24) is 19.7 Å². The molecule has 24 heavy (non-hydrogen) atoms. The van der Waals surface area contributed by atoms with Gasteiger partial charge in [-0.1, -0.05) is 0 Å². The summed E-state index contributed by atoms with van der Waals surface area (Å²) < 4.78 is 7.93. The summed E-state index contributed by atoms with van der Waals surface area (Å²) in [7, 11) is 0. The lowest BCUT2D eigenvalue weighted by Gasteiger charge is -2.38. The first-order valence-electron chi connectivity index (χ1n) is 8.48. The Kier molecular flexibility index (Phi) is 4.22. The van der Waals surface area contributed by atoms with Crippen LogP contribution in [-0.2, 0) is 4.74 Å². The maximum atomic E-state index is 6.09. The maximum absolute atomic E-state index is 6.09. The Hall–Kier alpha value is -1.60. The molecule has 0 saturated carbocycles. The lowest BCUT2D eigenvalue weighted by Crippen LogP contribution is -2.44. The number of aryl methyl sites for hydroxylation is 2. The van der Waals surface area contributed by atoms with Crippen molar-refractivity contribution in [2.24, 2.45) is 0 Å². The summed E-state index contributed by atoms with van der Waals surface area (Å²) in [6.07, 6.45) is 6.77. The van der Waals surface area contributed by atoms with Crippen LogP contribution >= 0.6 is 11.8 Å². The lowest BCUT2D eigenvalue weighted by molar-refractivity contribution is -0.0628. The smallest absolute Gasteiger partial charge is 0.174 e. The van der Waals surface area contributed by atoms with Gasteiger partial charge in [-0.25, -0.2) is 9.67 Å². The van der Waals surface area contributed by atoms with Crippen LogP contribution in [0, 0.1) is 13.8 Å². The second-order valence-electron chi connectivity index (χ2n) is 6.77. The highest BCUT2D eigenvalue weighted by Crippen LogP contribution is 2.38. The molecular formula is C17H23N5OS. The summed E-state index contributed by atoms with van der Waals surface area (Å²) in [5.41, 5.74) is 2.12. The Morgan fingerprint density at radius 3 is 3.04 bits per heavy atom. The molecule has 2 atom stereocenters. The third-order valence-corrected chi connectivity index (χ3v) is 5.98. The molecular weight excluding hydrogens is 322 g/mol. The molecule has 128 valence electrons. The van der Waals surface area contributed by atoms with Crippen molar-refractivity contribution in [3.63, 3.8) is 0 Å². The van der Waals surface area contributed by atoms with Crippen molar-refractivity contribution in [3.05, 3.63) is 29.8 Å². The van der Waals surface area contributed by atoms with Crippen molar-refractivity contribution in [2.75, 3.05) is 23.4 Å². The molecule has 2 aliphatic rings. The second kappa shape index (κ2) is 6.37. The fourth-order valence-electron chi connectivity index (χ4n) is 3.61. The van der Waals surface area contributed by atoms with Crippen molar-refractivity contribution >= 4 is 17.6 Å². The van der Waals surface area contributed by atoms with E-state index in [1.165, 1.54) is 5.75 Å². The Morgan fingerprint density at radius 1 is 1.38 bits per heavy atom. The van der Waals surface area contributed by atoms with Gasteiger partial charge in [-0.05, 0) is 44.9 Å². The van der Waals surface area contributed by atoms with Crippen LogP contribution in [0.4, 0.5) is 5.82 Å². The standard InChI is InChI=1S/C17H23N5OS/c1-12-7-13(2)22(21-12)16-10-18-9-15(20-16)19-14-3-5-23-17(8-14)4-6-24-11-17/h7,9-10,14H,3-6,8,11H2,1-2H3,(H,19,20)/t14-,17+/m0/s1. The molecule has 0 aromatic carbocycles. The highest BCUT2D eigenvalue weighted by Gasteiger charge is 2.40. The minimum atomic E-state index is 0.0707. The summed E-state index contributed by atoms with van der Waals surface area (Å²) >= 11 is 2.00. The molecule has 0 bridgehead atoms. The van der Waals surface area contributed by atoms with Crippen LogP contribution in [0.1, 0.15) is 30.7 Å². The van der Waals surface area contributed by atoms with Gasteiger partial charge in [-0.15, -0.1) is 0 Å². The van der Waals surface area contributed by atoms with Gasteiger partial charge in [0, 0.05) is 24.1 Å². The van der Waals surface area contributed by atoms with Crippen LogP contribution in [0.5, 0.6) is 0 Å². The molecule has 0 unspecified atom stereocenters. The van der Waals surface area contributed by atoms with E-state index in [1.807, 2.05) is 36.4 Å². The molecule has 6 nitrogen and oxygen atoms in total. The van der Waals surface area contributed by atoms with Gasteiger partial charge >= 0.3 is 0 Å². The Balaban J connectivity index is 1.51. The minimum absolute atomic E-state index is 0.0707. The monoisotopic (exact) mass is 345 g/mol. The average Bonchev–Trinajstić information content (AvgIpc) is 3.14. The summed E-state index contributed by atoms with van der Waals surface area (Å²) in [6, 6.07) is 2.43. The van der Waals surface area contributed by atoms with Crippen LogP contribution in [0.15, 0.2) is 18.5 Å². The van der Waals surface area contributed by atoms with Crippen LogP contribution in [0.3, 0.4) is 0 Å². The summed E-state index contributed by atoms with van der Waals surface area (Å²) in [5.74, 6) is 3.89. The summed E-state index contributed by atoms with van der Waals surface area (Å²) in [6.45, 7) is 4.84. The molecule has 2 aliphatic heterocycles. The predicted molar refractivity (Wildman–Crippen MR) is 95.9 cm³/mol. The largest absolute Gasteiger partial charge is 0.374 e. The fourth-order valence-corrected chi connectivity index (χ4v) is 4.99. The molecule has 2 fully saturated rings. The molecule has 4 rings (SSSR count). The van der Waals surface area contributed by atoms with Gasteiger partial charge in [0.2, 0.25) is 0 Å². The van der Waals surface area contributed by atoms with E-state index in [1.54, 1.807) is 12.4 Å². The van der Waals surface area contributed by atoms with E-state index in [4.69, 9.17) is 9.72 Å². The molecule has 0 radical (unpaired) electrons. The maximum Gasteiger partial charge on any atom is 0.174 e. The number of nitrogens with one attached hydrogen (secondary N) is 1. The molecule has 0 aliphatic carbocycles. The number of thioether (sulfide) groups is 1. The van der Waals surface area contributed by atoms with Crippen LogP contribution in [0.2, 0.25) is 0 Å². The van der Waals surface area contributed by atoms with Gasteiger partial charge in [-0.3, -0.25) is 4.98 Å². The summed E-state index contributed by atoms with van der Waals surface area (Å²) in [5, 5.41) is 8.05. The number of hydrogen-bond donors (Lipinski definition) is 1. The Morgan fingerprint density at radius 2 is 2.29 bits per heavy atom. The number of aromatic nitrogens is 4. The van der Waals surface area contributed by atoms with E-state index in [-0.39, 0.29) is 5.60 Å². The SMILES string of the molecule is Cc1cc(C)n(-c2cncc(N[C@H]3CCO[C@]4(CCSC4)C3)n2)n1. The number of hydrogen-bond acceptors (Lipinski definition) is 6. The van der Waals surface area contributed by atoms with Crippen LogP contribution in [0.25, 0.3) is 5.82 Å². The first-order chi connectivity index (χ1) is 11.6. The molecule has 2 saturated heterocycles. The van der Waals surface area contributed by atoms with Gasteiger partial charge < -0.3 is 10.1 Å². The molecule has 1 spiro atoms. The number of rotatable bonds is 3. The summed E-state index contributed by atoms with van der Waals surface area (Å²) in [4.78, 5) is 9.05. The first kappa shape index (κ1) is 15.9. The molecule has 2 aromatic heterocycles. The van der Waals surface area contributed by atoms with Crippen molar-refractivity contribution < 1.29 is 4.74 Å². The second-order valence-corrected chi connectivity index (χ2v) is 7.87. The first-order valence-corrected chi connectivity index (χ1v) is 9.63. The zero-order chi connectivity index (χ0) is 16.6. The van der Waals surface area contributed by atoms with E-state index in [2.05, 4.69) is 15.4 Å². The van der Waals surface area contributed by atoms with Gasteiger partial charge in [0.1, 0.15) is 5.82 Å². The van der Waals surface area contributed by atoms with Gasteiger partial charge in [0.25, 0.3) is 0 Å². The van der Waals surface area contributed by atoms with Crippen LogP contribution in [-0.4, -0.2) is 49.5 Å². The lowest BCUT2D eigenvalue weighted by atomic mass is 9.90. The van der Waals surface area contributed by atoms with Crippen LogP contribution < -0.4 is 5.32 Å². The van der Waals surface area contributed by atoms with Gasteiger partial charge in [0.05, 0.1) is 23.7 Å². The minimum Gasteiger partial charge on any atom is -0.374 e. The quantitative estimate of drug-likeness (QED) is 0.923. The molecule has 0 amide bonds. The number of ether oxygens (including phenoxy) is 1. The van der Waals surface area contributed by atoms with E-state index in [9.17, 15) is 0 Å². The molecule has 7 heteroatoms. The Labute approximate surface area is 146 Å². The van der Waals surface area contributed by atoms with Crippen molar-refractivity contribution in [1.29, 1.82) is 0 Å². The highest BCUT2D eigenvalue weighted by atomic mass is 32.2. The van der Waals surface area contributed by atoms with E-state index >= 15 is 0 Å². The third-order valence-electron chi connectivity index (χ3n) is 4.76. The van der Waals surface area contributed by atoms with E-state index in [0.29, 0.717) is 6.04 Å². The zero-order valence-electron chi connectivity index (χ0n) is 14.2. The molecule has 1 N–H and O–H groups in total. The van der Waals surface area contributed by atoms with Gasteiger partial charge in [0.15, 0.2) is 5.82 Å². The number of anilines is 1. The zero-order valence-corrected chi connectivity index (χ0v) is 15.0. The normalized spacial score (nSPS) is 26.8. The van der Waals surface area contributed by atoms with E-state index < -0.39 is 0 Å². The topological polar surface area (TPSA) is 64.9 Å². The number of nitrogens with zero attached hydrogens (tertiary/aromatic N) is 4.